The van der Waals surface area contributed by atoms with Gasteiger partial charge < -0.3 is 15.4 Å². The number of amides is 1. The summed E-state index contributed by atoms with van der Waals surface area (Å²) in [5, 5.41) is 0. The lowest BCUT2D eigenvalue weighted by Gasteiger charge is -2.37. The molecule has 1 aromatic rings. The molecule has 118 valence electrons. The van der Waals surface area contributed by atoms with Crippen molar-refractivity contribution in [3.8, 4) is 0 Å². The van der Waals surface area contributed by atoms with Gasteiger partial charge in [0, 0.05) is 6.54 Å². The number of halogens is 1. The molecule has 2 rings (SSSR count). The van der Waals surface area contributed by atoms with Gasteiger partial charge in [-0.3, -0.25) is 4.79 Å². The lowest BCUT2D eigenvalue weighted by atomic mass is 9.86. The van der Waals surface area contributed by atoms with Crippen LogP contribution in [0.1, 0.15) is 32.4 Å². The van der Waals surface area contributed by atoms with Crippen LogP contribution < -0.4 is 5.73 Å². The van der Waals surface area contributed by atoms with Crippen LogP contribution >= 0.6 is 12.4 Å². The monoisotopic (exact) mass is 312 g/mol. The van der Waals surface area contributed by atoms with E-state index < -0.39 is 6.04 Å². The van der Waals surface area contributed by atoms with E-state index >= 15 is 0 Å². The van der Waals surface area contributed by atoms with Crippen molar-refractivity contribution >= 4 is 18.3 Å². The third-order valence-electron chi connectivity index (χ3n) is 3.75. The maximum absolute atomic E-state index is 12.5. The molecule has 0 aliphatic carbocycles. The Labute approximate surface area is 133 Å². The summed E-state index contributed by atoms with van der Waals surface area (Å²) in [5.74, 6) is 0.0155. The number of ether oxygens (including phenoxy) is 1. The summed E-state index contributed by atoms with van der Waals surface area (Å²) in [4.78, 5) is 14.3. The highest BCUT2D eigenvalue weighted by atomic mass is 35.5. The predicted molar refractivity (Wildman–Crippen MR) is 86.4 cm³/mol. The molecule has 0 radical (unpaired) electrons. The van der Waals surface area contributed by atoms with Crippen molar-refractivity contribution in [3.63, 3.8) is 0 Å². The van der Waals surface area contributed by atoms with E-state index in [0.29, 0.717) is 19.7 Å². The van der Waals surface area contributed by atoms with Gasteiger partial charge in [-0.15, -0.1) is 12.4 Å². The molecule has 5 heteroatoms. The first kappa shape index (κ1) is 18.0. The lowest BCUT2D eigenvalue weighted by molar-refractivity contribution is -0.142. The van der Waals surface area contributed by atoms with E-state index in [1.165, 1.54) is 0 Å². The first-order chi connectivity index (χ1) is 9.39. The van der Waals surface area contributed by atoms with E-state index in [4.69, 9.17) is 10.5 Å². The van der Waals surface area contributed by atoms with E-state index in [1.54, 1.807) is 0 Å². The van der Waals surface area contributed by atoms with Gasteiger partial charge in [-0.25, -0.2) is 0 Å². The zero-order valence-corrected chi connectivity index (χ0v) is 13.7. The summed E-state index contributed by atoms with van der Waals surface area (Å²) in [6.07, 6.45) is -0.0546. The van der Waals surface area contributed by atoms with Gasteiger partial charge in [0.25, 0.3) is 0 Å². The second-order valence-corrected chi connectivity index (χ2v) is 6.40. The number of hydrogen-bond acceptors (Lipinski definition) is 3. The van der Waals surface area contributed by atoms with Crippen LogP contribution in [0.5, 0.6) is 0 Å². The molecule has 4 nitrogen and oxygen atoms in total. The normalized spacial score (nSPS) is 20.6. The average molecular weight is 313 g/mol. The van der Waals surface area contributed by atoms with Crippen molar-refractivity contribution in [1.29, 1.82) is 0 Å². The van der Waals surface area contributed by atoms with E-state index in [-0.39, 0.29) is 29.8 Å². The number of morpholine rings is 1. The molecule has 1 fully saturated rings. The maximum atomic E-state index is 12.5. The number of nitrogens with two attached hydrogens (primary N) is 1. The van der Waals surface area contributed by atoms with Crippen LogP contribution in [0.4, 0.5) is 0 Å². The Hall–Kier alpha value is -1.10. The second kappa shape index (κ2) is 7.25. The van der Waals surface area contributed by atoms with E-state index in [2.05, 4.69) is 0 Å². The molecule has 2 N–H and O–H groups in total. The van der Waals surface area contributed by atoms with Gasteiger partial charge in [0.05, 0.1) is 19.2 Å². The van der Waals surface area contributed by atoms with Gasteiger partial charge in [0.2, 0.25) is 5.91 Å². The maximum Gasteiger partial charge on any atom is 0.240 e. The highest BCUT2D eigenvalue weighted by molar-refractivity contribution is 5.85. The topological polar surface area (TPSA) is 55.6 Å². The van der Waals surface area contributed by atoms with Crippen LogP contribution in [0.15, 0.2) is 30.3 Å². The molecule has 1 aliphatic rings. The van der Waals surface area contributed by atoms with E-state index in [9.17, 15) is 4.79 Å². The molecule has 1 saturated heterocycles. The van der Waals surface area contributed by atoms with Crippen LogP contribution in [0.25, 0.3) is 0 Å². The van der Waals surface area contributed by atoms with Crippen LogP contribution in [-0.2, 0) is 9.53 Å². The van der Waals surface area contributed by atoms with E-state index in [0.717, 1.165) is 5.56 Å². The molecule has 1 amide bonds. The Kier molecular flexibility index (Phi) is 6.20. The number of carbonyl (C=O) groups is 1. The van der Waals surface area contributed by atoms with Crippen molar-refractivity contribution in [1.82, 2.24) is 4.90 Å². The molecule has 1 aliphatic heterocycles. The molecular formula is C16H25ClN2O2. The number of benzene rings is 1. The van der Waals surface area contributed by atoms with Crippen LogP contribution in [-0.4, -0.2) is 36.5 Å². The Balaban J connectivity index is 0.00000220. The predicted octanol–water partition coefficient (Wildman–Crippen LogP) is 2.38. The summed E-state index contributed by atoms with van der Waals surface area (Å²) in [7, 11) is 0. The first-order valence-electron chi connectivity index (χ1n) is 7.10. The minimum Gasteiger partial charge on any atom is -0.370 e. The number of rotatable bonds is 2. The largest absolute Gasteiger partial charge is 0.370 e. The molecular weight excluding hydrogens is 288 g/mol. The average Bonchev–Trinajstić information content (AvgIpc) is 2.46. The van der Waals surface area contributed by atoms with Gasteiger partial charge in [0.1, 0.15) is 6.10 Å². The Morgan fingerprint density at radius 1 is 1.33 bits per heavy atom. The fourth-order valence-electron chi connectivity index (χ4n) is 2.29. The Morgan fingerprint density at radius 2 is 1.95 bits per heavy atom. The lowest BCUT2D eigenvalue weighted by Crippen LogP contribution is -2.53. The fraction of sp³-hybridized carbons (Fsp3) is 0.562. The van der Waals surface area contributed by atoms with Gasteiger partial charge >= 0.3 is 0 Å². The molecule has 0 spiro atoms. The quantitative estimate of drug-likeness (QED) is 0.912. The molecule has 1 unspecified atom stereocenters. The van der Waals surface area contributed by atoms with Crippen molar-refractivity contribution in [3.05, 3.63) is 35.9 Å². The summed E-state index contributed by atoms with van der Waals surface area (Å²) in [6, 6.07) is 9.54. The van der Waals surface area contributed by atoms with Crippen LogP contribution in [0.2, 0.25) is 0 Å². The minimum atomic E-state index is -0.475. The molecule has 0 bridgehead atoms. The SMILES string of the molecule is CC(C)(C)[C@H](N)C(=O)N1CCOC(c2ccccc2)C1.Cl. The number of carbonyl (C=O) groups excluding carboxylic acids is 1. The van der Waals surface area contributed by atoms with Gasteiger partial charge in [0.15, 0.2) is 0 Å². The van der Waals surface area contributed by atoms with Gasteiger partial charge in [-0.05, 0) is 11.0 Å². The molecule has 0 aromatic heterocycles. The highest BCUT2D eigenvalue weighted by Crippen LogP contribution is 2.25. The standard InChI is InChI=1S/C16H24N2O2.ClH/c1-16(2,3)14(17)15(19)18-9-10-20-13(11-18)12-7-5-4-6-8-12;/h4-8,13-14H,9-11,17H2,1-3H3;1H/t13?,14-;/m1./s1. The Morgan fingerprint density at radius 3 is 2.52 bits per heavy atom. The molecule has 1 heterocycles. The Bertz CT molecular complexity index is 459. The molecule has 21 heavy (non-hydrogen) atoms. The number of hydrogen-bond donors (Lipinski definition) is 1. The highest BCUT2D eigenvalue weighted by Gasteiger charge is 2.33. The second-order valence-electron chi connectivity index (χ2n) is 6.40. The molecule has 2 atom stereocenters. The van der Waals surface area contributed by atoms with Gasteiger partial charge in [-0.2, -0.15) is 0 Å². The molecule has 0 saturated carbocycles. The van der Waals surface area contributed by atoms with Crippen molar-refractivity contribution in [2.75, 3.05) is 19.7 Å². The first-order valence-corrected chi connectivity index (χ1v) is 7.10. The van der Waals surface area contributed by atoms with E-state index in [1.807, 2.05) is 56.0 Å². The summed E-state index contributed by atoms with van der Waals surface area (Å²) >= 11 is 0. The molecule has 1 aromatic carbocycles. The third-order valence-corrected chi connectivity index (χ3v) is 3.75. The van der Waals surface area contributed by atoms with Crippen LogP contribution in [0.3, 0.4) is 0 Å². The third kappa shape index (κ3) is 4.43. The van der Waals surface area contributed by atoms with Crippen molar-refractivity contribution < 1.29 is 9.53 Å². The smallest absolute Gasteiger partial charge is 0.240 e. The van der Waals surface area contributed by atoms with Crippen molar-refractivity contribution in [2.24, 2.45) is 11.1 Å². The minimum absolute atomic E-state index is 0. The zero-order chi connectivity index (χ0) is 14.8. The van der Waals surface area contributed by atoms with Crippen LogP contribution in [0, 0.1) is 5.41 Å². The fourth-order valence-corrected chi connectivity index (χ4v) is 2.29. The summed E-state index contributed by atoms with van der Waals surface area (Å²) in [6.45, 7) is 7.72. The summed E-state index contributed by atoms with van der Waals surface area (Å²) < 4.78 is 5.78. The van der Waals surface area contributed by atoms with Gasteiger partial charge in [-0.1, -0.05) is 51.1 Å². The van der Waals surface area contributed by atoms with Crippen molar-refractivity contribution in [2.45, 2.75) is 32.9 Å². The zero-order valence-electron chi connectivity index (χ0n) is 12.9. The number of nitrogens with zero attached hydrogens (tertiary/aromatic N) is 1. The summed E-state index contributed by atoms with van der Waals surface area (Å²) in [5.41, 5.74) is 6.96.